The Hall–Kier alpha value is -0.640. The molecular weight excluding hydrogens is 290 g/mol. The third-order valence-electron chi connectivity index (χ3n) is 8.84. The number of hydrogen-bond acceptors (Lipinski definition) is 3. The number of fused-ring (bicyclic) bond motifs is 5. The van der Waals surface area contributed by atoms with Gasteiger partial charge in [-0.2, -0.15) is 0 Å². The van der Waals surface area contributed by atoms with E-state index in [0.717, 1.165) is 44.4 Å². The lowest BCUT2D eigenvalue weighted by molar-refractivity contribution is -0.540. The first-order valence-corrected chi connectivity index (χ1v) is 9.68. The molecule has 0 bridgehead atoms. The molecule has 4 nitrogen and oxygen atoms in total. The van der Waals surface area contributed by atoms with Gasteiger partial charge in [0, 0.05) is 16.8 Å². The summed E-state index contributed by atoms with van der Waals surface area (Å²) in [7, 11) is 0. The fourth-order valence-electron chi connectivity index (χ4n) is 7.55. The van der Waals surface area contributed by atoms with Gasteiger partial charge in [-0.3, -0.25) is 10.1 Å². The zero-order chi connectivity index (χ0) is 16.4. The van der Waals surface area contributed by atoms with E-state index in [1.54, 1.807) is 0 Å². The van der Waals surface area contributed by atoms with Crippen molar-refractivity contribution in [2.75, 3.05) is 0 Å². The van der Waals surface area contributed by atoms with Gasteiger partial charge in [-0.25, -0.2) is 0 Å². The largest absolute Gasteiger partial charge is 0.393 e. The van der Waals surface area contributed by atoms with Crippen molar-refractivity contribution in [3.8, 4) is 0 Å². The number of rotatable bonds is 1. The molecule has 0 aromatic heterocycles. The monoisotopic (exact) mass is 321 g/mol. The van der Waals surface area contributed by atoms with Gasteiger partial charge in [0.25, 0.3) is 0 Å². The van der Waals surface area contributed by atoms with Crippen LogP contribution in [0.4, 0.5) is 0 Å². The maximum absolute atomic E-state index is 11.5. The van der Waals surface area contributed by atoms with Gasteiger partial charge < -0.3 is 5.11 Å². The summed E-state index contributed by atoms with van der Waals surface area (Å²) in [5.74, 6) is 2.65. The zero-order valence-corrected chi connectivity index (χ0v) is 14.5. The highest BCUT2D eigenvalue weighted by molar-refractivity contribution is 5.09. The van der Waals surface area contributed by atoms with Gasteiger partial charge in [0.1, 0.15) is 0 Å². The standard InChI is InChI=1S/C19H31NO3/c1-18-9-7-13(21)11-12(18)3-4-14-15-5-6-17(20(22)23)19(15,2)10-8-16(14)18/h12-17,21H,3-11H2,1-2H3/t12-,13+,14-,15-,16-,17-,18-,19-/m0/s1. The minimum absolute atomic E-state index is 0.0185. The topological polar surface area (TPSA) is 63.4 Å². The molecule has 4 aliphatic carbocycles. The van der Waals surface area contributed by atoms with E-state index >= 15 is 0 Å². The van der Waals surface area contributed by atoms with Crippen LogP contribution in [0.15, 0.2) is 0 Å². The Morgan fingerprint density at radius 3 is 2.39 bits per heavy atom. The van der Waals surface area contributed by atoms with E-state index in [-0.39, 0.29) is 22.5 Å². The van der Waals surface area contributed by atoms with Crippen LogP contribution in [0.1, 0.15) is 71.6 Å². The number of nitrogens with zero attached hydrogens (tertiary/aromatic N) is 1. The third-order valence-corrected chi connectivity index (χ3v) is 8.84. The summed E-state index contributed by atoms with van der Waals surface area (Å²) < 4.78 is 0. The predicted octanol–water partition coefficient (Wildman–Crippen LogP) is 4.04. The molecule has 0 heterocycles. The minimum Gasteiger partial charge on any atom is -0.393 e. The summed E-state index contributed by atoms with van der Waals surface area (Å²) in [4.78, 5) is 11.5. The fraction of sp³-hybridized carbons (Fsp3) is 1.00. The SMILES string of the molecule is C[C@]12CC[C@@H](O)C[C@@H]1CC[C@@H]1[C@@H]2CC[C@]2(C)[C@@H]([N+](=O)[O-])CC[C@@H]12. The summed E-state index contributed by atoms with van der Waals surface area (Å²) in [5, 5.41) is 21.6. The van der Waals surface area contributed by atoms with Crippen LogP contribution in [0.2, 0.25) is 0 Å². The molecule has 4 aliphatic rings. The second-order valence-electron chi connectivity index (χ2n) is 9.51. The van der Waals surface area contributed by atoms with Gasteiger partial charge >= 0.3 is 0 Å². The van der Waals surface area contributed by atoms with E-state index in [2.05, 4.69) is 13.8 Å². The molecule has 0 aromatic carbocycles. The van der Waals surface area contributed by atoms with Crippen LogP contribution < -0.4 is 0 Å². The molecule has 0 aliphatic heterocycles. The molecule has 0 amide bonds. The van der Waals surface area contributed by atoms with E-state index in [0.29, 0.717) is 23.2 Å². The maximum atomic E-state index is 11.5. The lowest BCUT2D eigenvalue weighted by atomic mass is 9.45. The highest BCUT2D eigenvalue weighted by Gasteiger charge is 2.63. The second kappa shape index (κ2) is 5.18. The molecule has 130 valence electrons. The van der Waals surface area contributed by atoms with Crippen LogP contribution in [-0.2, 0) is 0 Å². The molecule has 0 radical (unpaired) electrons. The predicted molar refractivity (Wildman–Crippen MR) is 88.5 cm³/mol. The smallest absolute Gasteiger partial charge is 0.218 e. The third kappa shape index (κ3) is 2.13. The number of nitro groups is 1. The van der Waals surface area contributed by atoms with E-state index < -0.39 is 0 Å². The molecule has 1 N–H and O–H groups in total. The first kappa shape index (κ1) is 15.9. The molecule has 8 atom stereocenters. The summed E-state index contributed by atoms with van der Waals surface area (Å²) >= 11 is 0. The Labute approximate surface area is 139 Å². The van der Waals surface area contributed by atoms with Crippen LogP contribution in [-0.4, -0.2) is 22.2 Å². The molecule has 0 spiro atoms. The summed E-state index contributed by atoms with van der Waals surface area (Å²) in [6.45, 7) is 4.69. The number of aliphatic hydroxyl groups excluding tert-OH is 1. The first-order valence-electron chi connectivity index (χ1n) is 9.68. The van der Waals surface area contributed by atoms with Gasteiger partial charge in [0.2, 0.25) is 6.04 Å². The molecule has 0 unspecified atom stereocenters. The lowest BCUT2D eigenvalue weighted by Gasteiger charge is -2.60. The Morgan fingerprint density at radius 2 is 1.65 bits per heavy atom. The quantitative estimate of drug-likeness (QED) is 0.585. The van der Waals surface area contributed by atoms with Crippen molar-refractivity contribution < 1.29 is 10.0 Å². The van der Waals surface area contributed by atoms with Crippen molar-refractivity contribution in [2.45, 2.75) is 83.8 Å². The van der Waals surface area contributed by atoms with E-state index in [1.165, 1.54) is 19.3 Å². The van der Waals surface area contributed by atoms with Gasteiger partial charge in [-0.1, -0.05) is 13.8 Å². The van der Waals surface area contributed by atoms with Crippen molar-refractivity contribution >= 4 is 0 Å². The summed E-state index contributed by atoms with van der Waals surface area (Å²) in [6.07, 6.45) is 9.52. The lowest BCUT2D eigenvalue weighted by Crippen LogP contribution is -2.55. The summed E-state index contributed by atoms with van der Waals surface area (Å²) in [6, 6.07) is -0.313. The van der Waals surface area contributed by atoms with Crippen LogP contribution in [0.3, 0.4) is 0 Å². The Balaban J connectivity index is 1.61. The van der Waals surface area contributed by atoms with Gasteiger partial charge in [0.15, 0.2) is 0 Å². The number of hydrogen-bond donors (Lipinski definition) is 1. The molecular formula is C19H31NO3. The number of aliphatic hydroxyl groups is 1. The minimum atomic E-state index is -0.313. The fourth-order valence-corrected chi connectivity index (χ4v) is 7.55. The molecule has 4 rings (SSSR count). The van der Waals surface area contributed by atoms with Crippen LogP contribution in [0.25, 0.3) is 0 Å². The molecule has 4 heteroatoms. The first-order chi connectivity index (χ1) is 10.9. The average Bonchev–Trinajstić information content (AvgIpc) is 2.85. The molecule has 4 fully saturated rings. The van der Waals surface area contributed by atoms with Crippen molar-refractivity contribution in [3.63, 3.8) is 0 Å². The van der Waals surface area contributed by atoms with Crippen molar-refractivity contribution in [1.29, 1.82) is 0 Å². The van der Waals surface area contributed by atoms with Crippen LogP contribution >= 0.6 is 0 Å². The normalized spacial score (nSPS) is 55.6. The highest BCUT2D eigenvalue weighted by atomic mass is 16.6. The average molecular weight is 321 g/mol. The summed E-state index contributed by atoms with van der Waals surface area (Å²) in [5.41, 5.74) is 0.304. The molecule has 4 saturated carbocycles. The highest BCUT2D eigenvalue weighted by Crippen LogP contribution is 2.66. The maximum Gasteiger partial charge on any atom is 0.218 e. The zero-order valence-electron chi connectivity index (χ0n) is 14.5. The van der Waals surface area contributed by atoms with Crippen LogP contribution in [0.5, 0.6) is 0 Å². The Bertz CT molecular complexity index is 509. The molecule has 0 saturated heterocycles. The van der Waals surface area contributed by atoms with E-state index in [4.69, 9.17) is 0 Å². The van der Waals surface area contributed by atoms with Crippen molar-refractivity contribution in [2.24, 2.45) is 34.5 Å². The van der Waals surface area contributed by atoms with Crippen molar-refractivity contribution in [3.05, 3.63) is 10.1 Å². The van der Waals surface area contributed by atoms with Crippen molar-refractivity contribution in [1.82, 2.24) is 0 Å². The second-order valence-corrected chi connectivity index (χ2v) is 9.51. The Kier molecular flexibility index (Phi) is 3.57. The molecule has 23 heavy (non-hydrogen) atoms. The van der Waals surface area contributed by atoms with Gasteiger partial charge in [0.05, 0.1) is 6.10 Å². The van der Waals surface area contributed by atoms with E-state index in [9.17, 15) is 15.2 Å². The Morgan fingerprint density at radius 1 is 0.957 bits per heavy atom. The van der Waals surface area contributed by atoms with Gasteiger partial charge in [-0.15, -0.1) is 0 Å². The van der Waals surface area contributed by atoms with E-state index in [1.807, 2.05) is 0 Å². The van der Waals surface area contributed by atoms with Crippen LogP contribution in [0, 0.1) is 44.6 Å². The molecule has 0 aromatic rings. The van der Waals surface area contributed by atoms with Gasteiger partial charge in [-0.05, 0) is 80.5 Å².